The molecule has 1 aromatic rings. The predicted octanol–water partition coefficient (Wildman–Crippen LogP) is 6.62. The van der Waals surface area contributed by atoms with Gasteiger partial charge in [0.2, 0.25) is 0 Å². The molecule has 1 unspecified atom stereocenters. The van der Waals surface area contributed by atoms with Crippen molar-refractivity contribution in [2.24, 2.45) is 11.8 Å². The highest BCUT2D eigenvalue weighted by atomic mass is 28.4. The molecule has 0 fully saturated rings. The fourth-order valence-electron chi connectivity index (χ4n) is 2.76. The highest BCUT2D eigenvalue weighted by Crippen LogP contribution is 2.37. The SMILES string of the molecule is C=CC=CC(C)[C@H](OCc1ccc(OC)cc1)[C@@H](C)CO[Si](C)(C)C(C)(C)C. The molecule has 0 saturated heterocycles. The van der Waals surface area contributed by atoms with Gasteiger partial charge in [0, 0.05) is 18.4 Å². The molecular formula is C24H40O3Si. The molecule has 3 atom stereocenters. The van der Waals surface area contributed by atoms with E-state index in [1.807, 2.05) is 24.3 Å². The van der Waals surface area contributed by atoms with Crippen molar-refractivity contribution in [2.45, 2.75) is 65.5 Å². The third-order valence-electron chi connectivity index (χ3n) is 5.74. The number of rotatable bonds is 11. The van der Waals surface area contributed by atoms with Gasteiger partial charge in [0.05, 0.1) is 19.8 Å². The number of allylic oxidation sites excluding steroid dienone is 2. The minimum absolute atomic E-state index is 0.0723. The summed E-state index contributed by atoms with van der Waals surface area (Å²) in [7, 11) is -0.0950. The van der Waals surface area contributed by atoms with E-state index in [9.17, 15) is 0 Å². The summed E-state index contributed by atoms with van der Waals surface area (Å²) in [5.74, 6) is 1.42. The monoisotopic (exact) mass is 404 g/mol. The Kier molecular flexibility index (Phi) is 9.68. The fourth-order valence-corrected chi connectivity index (χ4v) is 3.88. The summed E-state index contributed by atoms with van der Waals surface area (Å²) in [6.45, 7) is 20.9. The van der Waals surface area contributed by atoms with Crippen LogP contribution >= 0.6 is 0 Å². The van der Waals surface area contributed by atoms with Gasteiger partial charge in [-0.3, -0.25) is 0 Å². The zero-order chi connectivity index (χ0) is 21.4. The first kappa shape index (κ1) is 24.7. The van der Waals surface area contributed by atoms with Crippen molar-refractivity contribution in [3.05, 3.63) is 54.6 Å². The molecule has 0 N–H and O–H groups in total. The molecule has 1 rings (SSSR count). The maximum absolute atomic E-state index is 6.47. The Morgan fingerprint density at radius 2 is 1.71 bits per heavy atom. The van der Waals surface area contributed by atoms with Gasteiger partial charge in [-0.1, -0.05) is 71.6 Å². The van der Waals surface area contributed by atoms with Gasteiger partial charge in [-0.15, -0.1) is 0 Å². The number of hydrogen-bond acceptors (Lipinski definition) is 3. The molecule has 3 nitrogen and oxygen atoms in total. The topological polar surface area (TPSA) is 27.7 Å². The second kappa shape index (κ2) is 11.0. The highest BCUT2D eigenvalue weighted by molar-refractivity contribution is 6.74. The average molecular weight is 405 g/mol. The minimum Gasteiger partial charge on any atom is -0.497 e. The van der Waals surface area contributed by atoms with Gasteiger partial charge < -0.3 is 13.9 Å². The maximum Gasteiger partial charge on any atom is 0.191 e. The standard InChI is InChI=1S/C24H40O3Si/c1-10-11-12-19(2)23(20(3)17-27-28(8,9)24(4,5)6)26-18-21-13-15-22(25-7)16-14-21/h10-16,19-20,23H,1,17-18H2,2-9H3/t19?,20-,23-/m0/s1. The first-order chi connectivity index (χ1) is 13.0. The number of methoxy groups -OCH3 is 1. The van der Waals surface area contributed by atoms with Crippen LogP contribution in [0.5, 0.6) is 5.75 Å². The number of ether oxygens (including phenoxy) is 2. The zero-order valence-corrected chi connectivity index (χ0v) is 20.1. The van der Waals surface area contributed by atoms with Crippen LogP contribution in [0.3, 0.4) is 0 Å². The lowest BCUT2D eigenvalue weighted by atomic mass is 9.93. The lowest BCUT2D eigenvalue weighted by molar-refractivity contribution is -0.0293. The van der Waals surface area contributed by atoms with Gasteiger partial charge >= 0.3 is 0 Å². The summed E-state index contributed by atoms with van der Waals surface area (Å²) in [6, 6.07) is 8.05. The van der Waals surface area contributed by atoms with Crippen molar-refractivity contribution in [3.8, 4) is 5.75 Å². The van der Waals surface area contributed by atoms with E-state index in [1.165, 1.54) is 0 Å². The van der Waals surface area contributed by atoms with E-state index < -0.39 is 8.32 Å². The average Bonchev–Trinajstić information content (AvgIpc) is 2.64. The molecule has 0 aliphatic rings. The van der Waals surface area contributed by atoms with Crippen molar-refractivity contribution in [1.29, 1.82) is 0 Å². The van der Waals surface area contributed by atoms with Crippen LogP contribution in [-0.2, 0) is 15.8 Å². The smallest absolute Gasteiger partial charge is 0.191 e. The Bertz CT molecular complexity index is 614. The molecule has 0 spiro atoms. The van der Waals surface area contributed by atoms with Crippen molar-refractivity contribution in [3.63, 3.8) is 0 Å². The molecule has 4 heteroatoms. The van der Waals surface area contributed by atoms with Crippen molar-refractivity contribution in [1.82, 2.24) is 0 Å². The van der Waals surface area contributed by atoms with E-state index in [2.05, 4.69) is 72.5 Å². The molecule has 1 aromatic carbocycles. The first-order valence-electron chi connectivity index (χ1n) is 10.2. The van der Waals surface area contributed by atoms with E-state index in [4.69, 9.17) is 13.9 Å². The summed E-state index contributed by atoms with van der Waals surface area (Å²) in [4.78, 5) is 0. The van der Waals surface area contributed by atoms with Crippen molar-refractivity contribution >= 4 is 8.32 Å². The lowest BCUT2D eigenvalue weighted by Crippen LogP contribution is -2.43. The van der Waals surface area contributed by atoms with Gasteiger partial charge in [0.15, 0.2) is 8.32 Å². The molecule has 0 amide bonds. The molecule has 0 heterocycles. The van der Waals surface area contributed by atoms with Gasteiger partial charge in [-0.05, 0) is 35.8 Å². The molecule has 0 bridgehead atoms. The Morgan fingerprint density at radius 1 is 1.11 bits per heavy atom. The largest absolute Gasteiger partial charge is 0.497 e. The third kappa shape index (κ3) is 7.57. The van der Waals surface area contributed by atoms with Crippen LogP contribution in [-0.4, -0.2) is 28.1 Å². The van der Waals surface area contributed by atoms with E-state index in [0.717, 1.165) is 17.9 Å². The molecule has 158 valence electrons. The third-order valence-corrected chi connectivity index (χ3v) is 10.2. The van der Waals surface area contributed by atoms with Gasteiger partial charge in [0.25, 0.3) is 0 Å². The Labute approximate surface area is 173 Å². The molecule has 0 radical (unpaired) electrons. The molecule has 0 aliphatic heterocycles. The van der Waals surface area contributed by atoms with Crippen LogP contribution in [0, 0.1) is 11.8 Å². The normalized spacial score (nSPS) is 16.0. The van der Waals surface area contributed by atoms with Crippen molar-refractivity contribution < 1.29 is 13.9 Å². The van der Waals surface area contributed by atoms with Gasteiger partial charge in [-0.2, -0.15) is 0 Å². The summed E-state index contributed by atoms with van der Waals surface area (Å²) in [5.41, 5.74) is 1.14. The number of benzene rings is 1. The second-order valence-corrected chi connectivity index (χ2v) is 14.0. The van der Waals surface area contributed by atoms with Gasteiger partial charge in [-0.25, -0.2) is 0 Å². The number of hydrogen-bond donors (Lipinski definition) is 0. The van der Waals surface area contributed by atoms with Crippen LogP contribution in [0.25, 0.3) is 0 Å². The van der Waals surface area contributed by atoms with E-state index >= 15 is 0 Å². The van der Waals surface area contributed by atoms with Crippen LogP contribution < -0.4 is 4.74 Å². The summed E-state index contributed by atoms with van der Waals surface area (Å²) in [5, 5.41) is 0.209. The van der Waals surface area contributed by atoms with E-state index in [0.29, 0.717) is 6.61 Å². The molecule has 28 heavy (non-hydrogen) atoms. The van der Waals surface area contributed by atoms with E-state index in [-0.39, 0.29) is 23.0 Å². The van der Waals surface area contributed by atoms with Crippen LogP contribution in [0.1, 0.15) is 40.2 Å². The molecular weight excluding hydrogens is 364 g/mol. The lowest BCUT2D eigenvalue weighted by Gasteiger charge is -2.38. The van der Waals surface area contributed by atoms with E-state index in [1.54, 1.807) is 7.11 Å². The molecule has 0 aromatic heterocycles. The second-order valence-electron chi connectivity index (χ2n) is 9.15. The van der Waals surface area contributed by atoms with Crippen LogP contribution in [0.2, 0.25) is 18.1 Å². The Morgan fingerprint density at radius 3 is 2.21 bits per heavy atom. The minimum atomic E-state index is -1.77. The highest BCUT2D eigenvalue weighted by Gasteiger charge is 2.38. The quantitative estimate of drug-likeness (QED) is 0.306. The summed E-state index contributed by atoms with van der Waals surface area (Å²) >= 11 is 0. The summed E-state index contributed by atoms with van der Waals surface area (Å²) < 4.78 is 18.1. The Hall–Kier alpha value is -1.36. The fraction of sp³-hybridized carbons (Fsp3) is 0.583. The molecule has 0 saturated carbocycles. The zero-order valence-electron chi connectivity index (χ0n) is 19.1. The maximum atomic E-state index is 6.47. The van der Waals surface area contributed by atoms with Crippen LogP contribution in [0.4, 0.5) is 0 Å². The van der Waals surface area contributed by atoms with Crippen molar-refractivity contribution in [2.75, 3.05) is 13.7 Å². The predicted molar refractivity (Wildman–Crippen MR) is 122 cm³/mol. The first-order valence-corrected chi connectivity index (χ1v) is 13.1. The summed E-state index contributed by atoms with van der Waals surface area (Å²) in [6.07, 6.45) is 6.04. The van der Waals surface area contributed by atoms with Gasteiger partial charge in [0.1, 0.15) is 5.75 Å². The Balaban J connectivity index is 2.82. The molecule has 0 aliphatic carbocycles. The van der Waals surface area contributed by atoms with Crippen LogP contribution in [0.15, 0.2) is 49.1 Å².